The number of aromatic nitrogens is 2. The third-order valence-corrected chi connectivity index (χ3v) is 4.60. The highest BCUT2D eigenvalue weighted by Gasteiger charge is 2.28. The summed E-state index contributed by atoms with van der Waals surface area (Å²) in [6.07, 6.45) is 10.6. The van der Waals surface area contributed by atoms with Crippen LogP contribution in [0.15, 0.2) is 12.4 Å². The third-order valence-electron chi connectivity index (χ3n) is 4.60. The van der Waals surface area contributed by atoms with Crippen LogP contribution in [0.25, 0.3) is 0 Å². The molecule has 3 unspecified atom stereocenters. The smallest absolute Gasteiger partial charge is 0.0534 e. The lowest BCUT2D eigenvalue weighted by atomic mass is 9.76. The number of aryl methyl sites for hydroxylation is 1. The van der Waals surface area contributed by atoms with E-state index in [0.29, 0.717) is 12.0 Å². The van der Waals surface area contributed by atoms with Gasteiger partial charge in [-0.1, -0.05) is 19.8 Å². The molecule has 4 heteroatoms. The lowest BCUT2D eigenvalue weighted by Crippen LogP contribution is -2.42. The van der Waals surface area contributed by atoms with Crippen LogP contribution in [0, 0.1) is 11.8 Å². The van der Waals surface area contributed by atoms with Crippen molar-refractivity contribution in [3.8, 4) is 0 Å². The van der Waals surface area contributed by atoms with E-state index in [-0.39, 0.29) is 0 Å². The van der Waals surface area contributed by atoms with Gasteiger partial charge in [0.1, 0.15) is 0 Å². The van der Waals surface area contributed by atoms with Gasteiger partial charge in [0.05, 0.1) is 6.20 Å². The van der Waals surface area contributed by atoms with Gasteiger partial charge in [-0.05, 0) is 38.1 Å². The molecule has 0 aromatic carbocycles. The van der Waals surface area contributed by atoms with Crippen molar-refractivity contribution in [2.24, 2.45) is 24.6 Å². The molecule has 0 aliphatic heterocycles. The van der Waals surface area contributed by atoms with Gasteiger partial charge in [-0.2, -0.15) is 5.10 Å². The predicted octanol–water partition coefficient (Wildman–Crippen LogP) is 2.40. The Labute approximate surface area is 123 Å². The maximum absolute atomic E-state index is 6.34. The zero-order valence-electron chi connectivity index (χ0n) is 13.3. The van der Waals surface area contributed by atoms with Crippen molar-refractivity contribution < 1.29 is 0 Å². The summed E-state index contributed by atoms with van der Waals surface area (Å²) in [5.41, 5.74) is 7.62. The number of nitrogens with two attached hydrogens (primary N) is 1. The second-order valence-corrected chi connectivity index (χ2v) is 6.61. The highest BCUT2D eigenvalue weighted by Crippen LogP contribution is 2.31. The highest BCUT2D eigenvalue weighted by molar-refractivity contribution is 5.03. The number of nitrogens with zero attached hydrogens (tertiary/aromatic N) is 3. The Morgan fingerprint density at radius 1 is 1.45 bits per heavy atom. The summed E-state index contributed by atoms with van der Waals surface area (Å²) in [5, 5.41) is 4.23. The zero-order valence-corrected chi connectivity index (χ0v) is 13.3. The Kier molecular flexibility index (Phi) is 5.61. The van der Waals surface area contributed by atoms with Gasteiger partial charge in [-0.15, -0.1) is 0 Å². The molecule has 1 heterocycles. The second-order valence-electron chi connectivity index (χ2n) is 6.61. The van der Waals surface area contributed by atoms with Gasteiger partial charge in [0.2, 0.25) is 0 Å². The van der Waals surface area contributed by atoms with Gasteiger partial charge in [0, 0.05) is 37.9 Å². The number of rotatable bonds is 6. The van der Waals surface area contributed by atoms with Gasteiger partial charge in [-0.3, -0.25) is 4.68 Å². The van der Waals surface area contributed by atoms with E-state index in [1.165, 1.54) is 37.7 Å². The van der Waals surface area contributed by atoms with Crippen molar-refractivity contribution in [1.82, 2.24) is 14.7 Å². The summed E-state index contributed by atoms with van der Waals surface area (Å²) in [5.74, 6) is 1.55. The normalized spacial score (nSPS) is 27.1. The summed E-state index contributed by atoms with van der Waals surface area (Å²) in [6, 6.07) is 0.388. The summed E-state index contributed by atoms with van der Waals surface area (Å²) in [6.45, 7) is 4.36. The fraction of sp³-hybridized carbons (Fsp3) is 0.812. The van der Waals surface area contributed by atoms with Crippen molar-refractivity contribution >= 4 is 0 Å². The standard InChI is InChI=1S/C16H30N4/c1-4-5-13-6-7-16(17)15(8-13)12-19(2)10-14-9-18-20(3)11-14/h9,11,13,15-16H,4-8,10,12,17H2,1-3H3. The van der Waals surface area contributed by atoms with E-state index in [0.717, 1.165) is 19.0 Å². The lowest BCUT2D eigenvalue weighted by molar-refractivity contribution is 0.165. The largest absolute Gasteiger partial charge is 0.327 e. The summed E-state index contributed by atoms with van der Waals surface area (Å²) in [4.78, 5) is 2.40. The first kappa shape index (κ1) is 15.5. The molecule has 2 rings (SSSR count). The van der Waals surface area contributed by atoms with Crippen LogP contribution < -0.4 is 5.73 Å². The van der Waals surface area contributed by atoms with E-state index < -0.39 is 0 Å². The summed E-state index contributed by atoms with van der Waals surface area (Å²) >= 11 is 0. The van der Waals surface area contributed by atoms with Crippen molar-refractivity contribution in [2.75, 3.05) is 13.6 Å². The van der Waals surface area contributed by atoms with E-state index in [9.17, 15) is 0 Å². The van der Waals surface area contributed by atoms with Crippen LogP contribution in [0.1, 0.15) is 44.6 Å². The number of hydrogen-bond acceptors (Lipinski definition) is 3. The van der Waals surface area contributed by atoms with E-state index in [1.807, 2.05) is 17.9 Å². The molecule has 4 nitrogen and oxygen atoms in total. The molecule has 1 saturated carbocycles. The molecule has 1 aromatic rings. The minimum absolute atomic E-state index is 0.388. The molecule has 1 aliphatic rings. The first-order chi connectivity index (χ1) is 9.58. The summed E-state index contributed by atoms with van der Waals surface area (Å²) < 4.78 is 1.87. The minimum Gasteiger partial charge on any atom is -0.327 e. The van der Waals surface area contributed by atoms with Crippen LogP contribution in [0.4, 0.5) is 0 Å². The average molecular weight is 278 g/mol. The summed E-state index contributed by atoms with van der Waals surface area (Å²) in [7, 11) is 4.17. The van der Waals surface area contributed by atoms with Crippen LogP contribution in [0.3, 0.4) is 0 Å². The topological polar surface area (TPSA) is 47.1 Å². The van der Waals surface area contributed by atoms with Gasteiger partial charge in [0.15, 0.2) is 0 Å². The Morgan fingerprint density at radius 2 is 2.25 bits per heavy atom. The molecular formula is C16H30N4. The predicted molar refractivity (Wildman–Crippen MR) is 83.3 cm³/mol. The Balaban J connectivity index is 1.83. The zero-order chi connectivity index (χ0) is 14.5. The molecular weight excluding hydrogens is 248 g/mol. The average Bonchev–Trinajstić information content (AvgIpc) is 2.79. The van der Waals surface area contributed by atoms with Crippen LogP contribution in [0.5, 0.6) is 0 Å². The van der Waals surface area contributed by atoms with Crippen LogP contribution in [0.2, 0.25) is 0 Å². The first-order valence-electron chi connectivity index (χ1n) is 8.00. The van der Waals surface area contributed by atoms with Crippen molar-refractivity contribution in [3.05, 3.63) is 18.0 Å². The lowest BCUT2D eigenvalue weighted by Gasteiger charge is -2.36. The fourth-order valence-electron chi connectivity index (χ4n) is 3.60. The molecule has 0 amide bonds. The van der Waals surface area contributed by atoms with E-state index in [1.54, 1.807) is 0 Å². The molecule has 1 fully saturated rings. The molecule has 1 aliphatic carbocycles. The van der Waals surface area contributed by atoms with E-state index in [4.69, 9.17) is 5.73 Å². The quantitative estimate of drug-likeness (QED) is 0.869. The van der Waals surface area contributed by atoms with Crippen LogP contribution >= 0.6 is 0 Å². The van der Waals surface area contributed by atoms with Gasteiger partial charge in [0.25, 0.3) is 0 Å². The first-order valence-corrected chi connectivity index (χ1v) is 8.00. The molecule has 2 N–H and O–H groups in total. The van der Waals surface area contributed by atoms with E-state index >= 15 is 0 Å². The van der Waals surface area contributed by atoms with Crippen molar-refractivity contribution in [3.63, 3.8) is 0 Å². The van der Waals surface area contributed by atoms with Crippen LogP contribution in [-0.4, -0.2) is 34.3 Å². The molecule has 0 radical (unpaired) electrons. The minimum atomic E-state index is 0.388. The Hall–Kier alpha value is -0.870. The molecule has 0 spiro atoms. The molecule has 1 aromatic heterocycles. The van der Waals surface area contributed by atoms with Crippen molar-refractivity contribution in [2.45, 2.75) is 51.6 Å². The fourth-order valence-corrected chi connectivity index (χ4v) is 3.60. The maximum Gasteiger partial charge on any atom is 0.0534 e. The van der Waals surface area contributed by atoms with Gasteiger partial charge in [-0.25, -0.2) is 0 Å². The molecule has 20 heavy (non-hydrogen) atoms. The van der Waals surface area contributed by atoms with Crippen LogP contribution in [-0.2, 0) is 13.6 Å². The van der Waals surface area contributed by atoms with Crippen molar-refractivity contribution in [1.29, 1.82) is 0 Å². The SMILES string of the molecule is CCCC1CCC(N)C(CN(C)Cc2cnn(C)c2)C1. The Morgan fingerprint density at radius 3 is 2.90 bits per heavy atom. The maximum atomic E-state index is 6.34. The third kappa shape index (κ3) is 4.32. The molecule has 0 saturated heterocycles. The molecule has 3 atom stereocenters. The Bertz CT molecular complexity index is 401. The monoisotopic (exact) mass is 278 g/mol. The second kappa shape index (κ2) is 7.23. The highest BCUT2D eigenvalue weighted by atomic mass is 15.2. The molecule has 0 bridgehead atoms. The molecule has 114 valence electrons. The van der Waals surface area contributed by atoms with Gasteiger partial charge < -0.3 is 10.6 Å². The number of hydrogen-bond donors (Lipinski definition) is 1. The van der Waals surface area contributed by atoms with E-state index in [2.05, 4.69) is 30.2 Å². The van der Waals surface area contributed by atoms with Gasteiger partial charge >= 0.3 is 0 Å².